The number of amides is 1. The van der Waals surface area contributed by atoms with Gasteiger partial charge in [-0.2, -0.15) is 0 Å². The van der Waals surface area contributed by atoms with Crippen molar-refractivity contribution in [3.8, 4) is 0 Å². The summed E-state index contributed by atoms with van der Waals surface area (Å²) in [5, 5.41) is 18.7. The average molecular weight is 490 g/mol. The van der Waals surface area contributed by atoms with E-state index in [0.29, 0.717) is 17.7 Å². The van der Waals surface area contributed by atoms with Crippen LogP contribution in [0.4, 0.5) is 5.69 Å². The molecule has 1 amide bonds. The van der Waals surface area contributed by atoms with Gasteiger partial charge in [-0.05, 0) is 38.5 Å². The maximum atomic E-state index is 13.2. The number of nitrogens with zero attached hydrogens (tertiary/aromatic N) is 5. The third kappa shape index (κ3) is 4.22. The van der Waals surface area contributed by atoms with Crippen molar-refractivity contribution in [2.24, 2.45) is 0 Å². The van der Waals surface area contributed by atoms with Crippen LogP contribution >= 0.6 is 11.8 Å². The highest BCUT2D eigenvalue weighted by atomic mass is 32.2. The molecule has 2 saturated heterocycles. The third-order valence-electron chi connectivity index (χ3n) is 5.88. The number of thioether (sulfide) groups is 1. The number of ether oxygens (including phenoxy) is 2. The van der Waals surface area contributed by atoms with Crippen LogP contribution in [-0.4, -0.2) is 65.4 Å². The first-order chi connectivity index (χ1) is 16.1. The SMILES string of the molecule is CCOC(=O)c1nnn(C[C@]2(C)S[C@@H]3CC(=O)N3[C@H]2C(=O)OCc2ccc([N+](=O)[O-])cc2)c1C. The second-order valence-electron chi connectivity index (χ2n) is 8.23. The van der Waals surface area contributed by atoms with Crippen LogP contribution in [-0.2, 0) is 32.2 Å². The monoisotopic (exact) mass is 489 g/mol. The molecular formula is C21H23N5O7S. The zero-order valence-corrected chi connectivity index (χ0v) is 19.6. The van der Waals surface area contributed by atoms with E-state index in [2.05, 4.69) is 10.3 Å². The molecule has 0 unspecified atom stereocenters. The Morgan fingerprint density at radius 2 is 2.00 bits per heavy atom. The molecule has 0 saturated carbocycles. The molecule has 1 aromatic heterocycles. The maximum Gasteiger partial charge on any atom is 0.360 e. The molecule has 2 fully saturated rings. The standard InChI is InChI=1S/C21H23N5O7S/c1-4-32-19(28)17-12(2)24(23-22-17)11-21(3)18(25-15(27)9-16(25)34-21)20(29)33-10-13-5-7-14(8-6-13)26(30)31/h5-8,16,18H,4,9-11H2,1-3H3/t16-,18+,21+/m1/s1. The lowest BCUT2D eigenvalue weighted by Gasteiger charge is -2.37. The van der Waals surface area contributed by atoms with Crippen molar-refractivity contribution in [2.45, 2.75) is 56.5 Å². The normalized spacial score (nSPS) is 23.3. The van der Waals surface area contributed by atoms with Gasteiger partial charge in [-0.15, -0.1) is 16.9 Å². The lowest BCUT2D eigenvalue weighted by Crippen LogP contribution is -2.58. The second kappa shape index (κ2) is 9.05. The van der Waals surface area contributed by atoms with Crippen LogP contribution in [0, 0.1) is 17.0 Å². The summed E-state index contributed by atoms with van der Waals surface area (Å²) in [5.74, 6) is -1.29. The number of nitro groups is 1. The Labute approximate surface area is 198 Å². The van der Waals surface area contributed by atoms with Crippen molar-refractivity contribution < 1.29 is 28.8 Å². The number of esters is 2. The molecule has 0 N–H and O–H groups in total. The van der Waals surface area contributed by atoms with Crippen LogP contribution in [0.25, 0.3) is 0 Å². The fourth-order valence-electron chi connectivity index (χ4n) is 4.11. The van der Waals surface area contributed by atoms with E-state index >= 15 is 0 Å². The van der Waals surface area contributed by atoms with Crippen molar-refractivity contribution in [3.63, 3.8) is 0 Å². The molecule has 0 radical (unpaired) electrons. The molecule has 13 heteroatoms. The zero-order chi connectivity index (χ0) is 24.6. The van der Waals surface area contributed by atoms with Crippen molar-refractivity contribution in [1.29, 1.82) is 0 Å². The van der Waals surface area contributed by atoms with Crippen molar-refractivity contribution in [3.05, 3.63) is 51.3 Å². The predicted octanol–water partition coefficient (Wildman–Crippen LogP) is 1.85. The van der Waals surface area contributed by atoms with Crippen LogP contribution in [0.3, 0.4) is 0 Å². The number of nitro benzene ring substituents is 1. The quantitative estimate of drug-likeness (QED) is 0.233. The van der Waals surface area contributed by atoms with Gasteiger partial charge in [0.15, 0.2) is 5.69 Å². The Morgan fingerprint density at radius 1 is 1.29 bits per heavy atom. The van der Waals surface area contributed by atoms with Crippen LogP contribution in [0.2, 0.25) is 0 Å². The second-order valence-corrected chi connectivity index (χ2v) is 9.94. The molecule has 4 rings (SSSR count). The third-order valence-corrected chi connectivity index (χ3v) is 7.43. The highest BCUT2D eigenvalue weighted by molar-refractivity contribution is 8.01. The summed E-state index contributed by atoms with van der Waals surface area (Å²) in [5.41, 5.74) is 1.13. The molecule has 0 aliphatic carbocycles. The number of hydrogen-bond donors (Lipinski definition) is 0. The van der Waals surface area contributed by atoms with Crippen molar-refractivity contribution in [2.75, 3.05) is 6.61 Å². The molecule has 2 aliphatic rings. The molecule has 0 bridgehead atoms. The highest BCUT2D eigenvalue weighted by Crippen LogP contribution is 2.52. The molecule has 12 nitrogen and oxygen atoms in total. The Morgan fingerprint density at radius 3 is 2.62 bits per heavy atom. The number of carbonyl (C=O) groups is 3. The number of benzene rings is 1. The van der Waals surface area contributed by atoms with E-state index in [4.69, 9.17) is 9.47 Å². The van der Waals surface area contributed by atoms with Crippen LogP contribution < -0.4 is 0 Å². The Bertz CT molecular complexity index is 1150. The van der Waals surface area contributed by atoms with Crippen LogP contribution in [0.5, 0.6) is 0 Å². The molecule has 2 aromatic rings. The summed E-state index contributed by atoms with van der Waals surface area (Å²) >= 11 is 1.49. The lowest BCUT2D eigenvalue weighted by atomic mass is 9.96. The first-order valence-electron chi connectivity index (χ1n) is 10.6. The molecule has 3 atom stereocenters. The largest absolute Gasteiger partial charge is 0.461 e. The smallest absolute Gasteiger partial charge is 0.360 e. The number of β-lactam (4-membered cyclic amide) rings is 1. The van der Waals surface area contributed by atoms with Crippen molar-refractivity contribution in [1.82, 2.24) is 19.9 Å². The molecule has 34 heavy (non-hydrogen) atoms. The van der Waals surface area contributed by atoms with E-state index in [-0.39, 0.29) is 42.4 Å². The first-order valence-corrected chi connectivity index (χ1v) is 11.5. The van der Waals surface area contributed by atoms with Crippen LogP contribution in [0.15, 0.2) is 24.3 Å². The van der Waals surface area contributed by atoms with E-state index in [0.717, 1.165) is 0 Å². The summed E-state index contributed by atoms with van der Waals surface area (Å²) in [6, 6.07) is 4.84. The highest BCUT2D eigenvalue weighted by Gasteiger charge is 2.61. The molecule has 180 valence electrons. The molecular weight excluding hydrogens is 466 g/mol. The summed E-state index contributed by atoms with van der Waals surface area (Å²) in [6.07, 6.45) is 0.330. The van der Waals surface area contributed by atoms with Crippen molar-refractivity contribution >= 4 is 35.3 Å². The number of fused-ring (bicyclic) bond motifs is 1. The predicted molar refractivity (Wildman–Crippen MR) is 119 cm³/mol. The average Bonchev–Trinajstić information content (AvgIpc) is 3.26. The minimum absolute atomic E-state index is 0.0609. The Kier molecular flexibility index (Phi) is 6.30. The van der Waals surface area contributed by atoms with E-state index in [1.165, 1.54) is 45.6 Å². The van der Waals surface area contributed by atoms with E-state index < -0.39 is 27.7 Å². The first kappa shape index (κ1) is 23.7. The molecule has 3 heterocycles. The van der Waals surface area contributed by atoms with E-state index in [9.17, 15) is 24.5 Å². The van der Waals surface area contributed by atoms with Gasteiger partial charge in [-0.3, -0.25) is 14.9 Å². The number of non-ortho nitro benzene ring substituents is 1. The van der Waals surface area contributed by atoms with Gasteiger partial charge < -0.3 is 14.4 Å². The zero-order valence-electron chi connectivity index (χ0n) is 18.8. The van der Waals surface area contributed by atoms with Gasteiger partial charge in [0.1, 0.15) is 12.6 Å². The summed E-state index contributed by atoms with van der Waals surface area (Å²) < 4.78 is 11.3. The van der Waals surface area contributed by atoms with Gasteiger partial charge in [0.25, 0.3) is 5.69 Å². The molecule has 1 aromatic carbocycles. The Balaban J connectivity index is 1.51. The van der Waals surface area contributed by atoms with Gasteiger partial charge in [0.05, 0.1) is 40.3 Å². The van der Waals surface area contributed by atoms with Gasteiger partial charge in [0, 0.05) is 12.1 Å². The number of rotatable bonds is 8. The summed E-state index contributed by atoms with van der Waals surface area (Å²) in [6.45, 7) is 5.58. The number of hydrogen-bond acceptors (Lipinski definition) is 10. The molecule has 2 aliphatic heterocycles. The van der Waals surface area contributed by atoms with Gasteiger partial charge >= 0.3 is 11.9 Å². The number of aromatic nitrogens is 3. The fourth-order valence-corrected chi connectivity index (χ4v) is 5.85. The summed E-state index contributed by atoms with van der Waals surface area (Å²) in [4.78, 5) is 49.4. The van der Waals surface area contributed by atoms with E-state index in [1.807, 2.05) is 6.92 Å². The van der Waals surface area contributed by atoms with Crippen LogP contribution in [0.1, 0.15) is 42.0 Å². The Hall–Kier alpha value is -3.48. The topological polar surface area (TPSA) is 147 Å². The lowest BCUT2D eigenvalue weighted by molar-refractivity contribution is -0.384. The van der Waals surface area contributed by atoms with Gasteiger partial charge in [0.2, 0.25) is 5.91 Å². The maximum absolute atomic E-state index is 13.2. The fraction of sp³-hybridized carbons (Fsp3) is 0.476. The molecule has 0 spiro atoms. The summed E-state index contributed by atoms with van der Waals surface area (Å²) in [7, 11) is 0. The number of carbonyl (C=O) groups excluding carboxylic acids is 3. The van der Waals surface area contributed by atoms with E-state index in [1.54, 1.807) is 13.8 Å². The van der Waals surface area contributed by atoms with Gasteiger partial charge in [-0.25, -0.2) is 14.3 Å². The minimum atomic E-state index is -0.864. The minimum Gasteiger partial charge on any atom is -0.461 e. The van der Waals surface area contributed by atoms with Gasteiger partial charge in [-0.1, -0.05) is 5.21 Å².